The van der Waals surface area contributed by atoms with E-state index in [4.69, 9.17) is 4.74 Å². The van der Waals surface area contributed by atoms with Gasteiger partial charge in [-0.3, -0.25) is 0 Å². The number of methoxy groups -OCH3 is 1. The Balaban J connectivity index is 2.87. The largest absolute Gasteiger partial charge is 0.494 e. The third-order valence-electron chi connectivity index (χ3n) is 3.36. The molecule has 0 aromatic heterocycles. The molecule has 0 aliphatic carbocycles. The number of hydrogen-bond donors (Lipinski definition) is 1. The maximum absolute atomic E-state index is 13.7. The van der Waals surface area contributed by atoms with Crippen LogP contribution in [0.4, 0.5) is 4.39 Å². The summed E-state index contributed by atoms with van der Waals surface area (Å²) in [5.41, 5.74) is 0.996. The molecule has 1 aromatic carbocycles. The van der Waals surface area contributed by atoms with Crippen molar-refractivity contribution in [3.05, 3.63) is 29.6 Å². The first-order chi connectivity index (χ1) is 8.62. The van der Waals surface area contributed by atoms with E-state index in [1.807, 2.05) is 6.07 Å². The lowest BCUT2D eigenvalue weighted by atomic mass is 9.94. The van der Waals surface area contributed by atoms with Crippen LogP contribution in [0.15, 0.2) is 18.2 Å². The topological polar surface area (TPSA) is 21.3 Å². The van der Waals surface area contributed by atoms with Crippen LogP contribution in [-0.4, -0.2) is 13.7 Å². The summed E-state index contributed by atoms with van der Waals surface area (Å²) in [5.74, 6) is 0.638. The van der Waals surface area contributed by atoms with E-state index in [2.05, 4.69) is 26.1 Å². The van der Waals surface area contributed by atoms with Gasteiger partial charge in [0.1, 0.15) is 0 Å². The summed E-state index contributed by atoms with van der Waals surface area (Å²) in [5, 5.41) is 3.42. The molecule has 0 bridgehead atoms. The van der Waals surface area contributed by atoms with Crippen molar-refractivity contribution in [3.63, 3.8) is 0 Å². The van der Waals surface area contributed by atoms with Gasteiger partial charge in [0.2, 0.25) is 0 Å². The van der Waals surface area contributed by atoms with E-state index < -0.39 is 0 Å². The maximum Gasteiger partial charge on any atom is 0.165 e. The Bertz CT molecular complexity index is 368. The standard InChI is InChI=1S/C15H24FNO/c1-5-11(3)9-14(17-6-2)12-7-8-15(18-4)13(16)10-12/h7-8,10-11,14,17H,5-6,9H2,1-4H3. The predicted molar refractivity (Wildman–Crippen MR) is 73.4 cm³/mol. The number of rotatable bonds is 7. The minimum atomic E-state index is -0.290. The van der Waals surface area contributed by atoms with Gasteiger partial charge in [-0.25, -0.2) is 4.39 Å². The van der Waals surface area contributed by atoms with Gasteiger partial charge in [-0.05, 0) is 36.6 Å². The maximum atomic E-state index is 13.7. The van der Waals surface area contributed by atoms with Crippen LogP contribution in [0.3, 0.4) is 0 Å². The molecule has 18 heavy (non-hydrogen) atoms. The molecule has 1 aromatic rings. The average molecular weight is 253 g/mol. The summed E-state index contributed by atoms with van der Waals surface area (Å²) in [7, 11) is 1.49. The van der Waals surface area contributed by atoms with E-state index in [9.17, 15) is 4.39 Å². The zero-order valence-electron chi connectivity index (χ0n) is 11.8. The van der Waals surface area contributed by atoms with Gasteiger partial charge in [0.25, 0.3) is 0 Å². The summed E-state index contributed by atoms with van der Waals surface area (Å²) in [6.45, 7) is 7.37. The molecule has 2 atom stereocenters. The SMILES string of the molecule is CCNC(CC(C)CC)c1ccc(OC)c(F)c1. The Morgan fingerprint density at radius 3 is 2.56 bits per heavy atom. The van der Waals surface area contributed by atoms with Crippen LogP contribution < -0.4 is 10.1 Å². The van der Waals surface area contributed by atoms with Crippen molar-refractivity contribution in [1.82, 2.24) is 5.32 Å². The lowest BCUT2D eigenvalue weighted by molar-refractivity contribution is 0.381. The second-order valence-electron chi connectivity index (χ2n) is 4.75. The Morgan fingerprint density at radius 2 is 2.06 bits per heavy atom. The third kappa shape index (κ3) is 3.98. The monoisotopic (exact) mass is 253 g/mol. The molecule has 0 aliphatic heterocycles. The zero-order chi connectivity index (χ0) is 13.5. The van der Waals surface area contributed by atoms with Crippen LogP contribution in [0.2, 0.25) is 0 Å². The first kappa shape index (κ1) is 15.0. The van der Waals surface area contributed by atoms with Gasteiger partial charge < -0.3 is 10.1 Å². The Labute approximate surface area is 110 Å². The zero-order valence-corrected chi connectivity index (χ0v) is 11.8. The summed E-state index contributed by atoms with van der Waals surface area (Å²) in [6, 6.07) is 5.43. The molecule has 1 rings (SSSR count). The van der Waals surface area contributed by atoms with Crippen molar-refractivity contribution in [2.45, 2.75) is 39.7 Å². The number of benzene rings is 1. The van der Waals surface area contributed by atoms with Gasteiger partial charge in [0.15, 0.2) is 11.6 Å². The van der Waals surface area contributed by atoms with E-state index >= 15 is 0 Å². The summed E-state index contributed by atoms with van der Waals surface area (Å²) in [4.78, 5) is 0. The molecule has 0 saturated heterocycles. The van der Waals surface area contributed by atoms with Crippen molar-refractivity contribution in [2.75, 3.05) is 13.7 Å². The molecule has 2 nitrogen and oxygen atoms in total. The molecule has 2 unspecified atom stereocenters. The van der Waals surface area contributed by atoms with E-state index in [1.54, 1.807) is 12.1 Å². The minimum Gasteiger partial charge on any atom is -0.494 e. The van der Waals surface area contributed by atoms with Crippen LogP contribution in [-0.2, 0) is 0 Å². The molecule has 1 N–H and O–H groups in total. The van der Waals surface area contributed by atoms with E-state index in [0.717, 1.165) is 24.9 Å². The molecule has 0 radical (unpaired) electrons. The first-order valence-electron chi connectivity index (χ1n) is 6.69. The summed E-state index contributed by atoms with van der Waals surface area (Å²) in [6.07, 6.45) is 2.16. The molecule has 0 aliphatic rings. The second-order valence-corrected chi connectivity index (χ2v) is 4.75. The van der Waals surface area contributed by atoms with Crippen molar-refractivity contribution >= 4 is 0 Å². The molecule has 0 fully saturated rings. The van der Waals surface area contributed by atoms with Gasteiger partial charge in [-0.15, -0.1) is 0 Å². The molecule has 0 spiro atoms. The molecule has 0 heterocycles. The van der Waals surface area contributed by atoms with Gasteiger partial charge in [-0.1, -0.05) is 33.3 Å². The number of halogens is 1. The van der Waals surface area contributed by atoms with Gasteiger partial charge in [0.05, 0.1) is 7.11 Å². The van der Waals surface area contributed by atoms with Crippen molar-refractivity contribution in [3.8, 4) is 5.75 Å². The van der Waals surface area contributed by atoms with Crippen LogP contribution in [0.1, 0.15) is 45.2 Å². The highest BCUT2D eigenvalue weighted by Crippen LogP contribution is 2.26. The smallest absolute Gasteiger partial charge is 0.165 e. The molecule has 0 saturated carbocycles. The van der Waals surface area contributed by atoms with Gasteiger partial charge in [0, 0.05) is 6.04 Å². The van der Waals surface area contributed by atoms with Gasteiger partial charge in [-0.2, -0.15) is 0 Å². The first-order valence-corrected chi connectivity index (χ1v) is 6.69. The van der Waals surface area contributed by atoms with Crippen molar-refractivity contribution in [2.24, 2.45) is 5.92 Å². The number of hydrogen-bond acceptors (Lipinski definition) is 2. The lowest BCUT2D eigenvalue weighted by Gasteiger charge is -2.22. The lowest BCUT2D eigenvalue weighted by Crippen LogP contribution is -2.23. The summed E-state index contributed by atoms with van der Waals surface area (Å²) >= 11 is 0. The minimum absolute atomic E-state index is 0.213. The number of nitrogens with one attached hydrogen (secondary N) is 1. The second kappa shape index (κ2) is 7.37. The Hall–Kier alpha value is -1.09. The normalized spacial score (nSPS) is 14.3. The molecular weight excluding hydrogens is 229 g/mol. The molecule has 3 heteroatoms. The fourth-order valence-electron chi connectivity index (χ4n) is 2.05. The van der Waals surface area contributed by atoms with Crippen LogP contribution in [0.25, 0.3) is 0 Å². The fourth-order valence-corrected chi connectivity index (χ4v) is 2.05. The average Bonchev–Trinajstić information content (AvgIpc) is 2.38. The highest BCUT2D eigenvalue weighted by Gasteiger charge is 2.15. The third-order valence-corrected chi connectivity index (χ3v) is 3.36. The van der Waals surface area contributed by atoms with Gasteiger partial charge >= 0.3 is 0 Å². The van der Waals surface area contributed by atoms with Crippen LogP contribution >= 0.6 is 0 Å². The quantitative estimate of drug-likeness (QED) is 0.795. The fraction of sp³-hybridized carbons (Fsp3) is 0.600. The Kier molecular flexibility index (Phi) is 6.13. The molecular formula is C15H24FNO. The van der Waals surface area contributed by atoms with Crippen molar-refractivity contribution in [1.29, 1.82) is 0 Å². The molecule has 0 amide bonds. The van der Waals surface area contributed by atoms with Crippen LogP contribution in [0.5, 0.6) is 5.75 Å². The van der Waals surface area contributed by atoms with E-state index in [-0.39, 0.29) is 11.9 Å². The highest BCUT2D eigenvalue weighted by molar-refractivity contribution is 5.31. The number of ether oxygens (including phenoxy) is 1. The van der Waals surface area contributed by atoms with Crippen LogP contribution in [0, 0.1) is 11.7 Å². The summed E-state index contributed by atoms with van der Waals surface area (Å²) < 4.78 is 18.7. The van der Waals surface area contributed by atoms with E-state index in [1.165, 1.54) is 7.11 Å². The van der Waals surface area contributed by atoms with Crippen molar-refractivity contribution < 1.29 is 9.13 Å². The molecule has 102 valence electrons. The highest BCUT2D eigenvalue weighted by atomic mass is 19.1. The Morgan fingerprint density at radius 1 is 1.33 bits per heavy atom. The van der Waals surface area contributed by atoms with E-state index in [0.29, 0.717) is 11.7 Å². The predicted octanol–water partition coefficient (Wildman–Crippen LogP) is 3.92.